The molecule has 1 amide bonds. The normalized spacial score (nSPS) is 20.1. The third-order valence-electron chi connectivity index (χ3n) is 1.37. The highest BCUT2D eigenvalue weighted by molar-refractivity contribution is 5.80. The van der Waals surface area contributed by atoms with E-state index in [4.69, 9.17) is 0 Å². The topological polar surface area (TPSA) is 32.7 Å². The fourth-order valence-corrected chi connectivity index (χ4v) is 0.724. The molecule has 1 heterocycles. The number of hydrogen-bond donors (Lipinski definition) is 0. The second kappa shape index (κ2) is 2.62. The lowest BCUT2D eigenvalue weighted by molar-refractivity contribution is -0.128. The Bertz CT molecular complexity index is 142. The number of hydrogen-bond acceptors (Lipinski definition) is 2. The predicted octanol–water partition coefficient (Wildman–Crippen LogP) is -0.0807. The number of rotatable bonds is 0. The number of nitrogens with zero attached hydrogens (tertiary/aromatic N) is 2. The maximum atomic E-state index is 10.9. The van der Waals surface area contributed by atoms with Crippen LogP contribution < -0.4 is 0 Å². The number of amides is 1. The van der Waals surface area contributed by atoms with E-state index in [9.17, 15) is 4.79 Å². The van der Waals surface area contributed by atoms with Gasteiger partial charge >= 0.3 is 0 Å². The molecule has 0 unspecified atom stereocenters. The second-order valence-corrected chi connectivity index (χ2v) is 2.11. The summed E-state index contributed by atoms with van der Waals surface area (Å²) in [5.74, 6) is 0.188. The fourth-order valence-electron chi connectivity index (χ4n) is 0.724. The largest absolute Gasteiger partial charge is 0.340 e. The smallest absolute Gasteiger partial charge is 0.224 e. The van der Waals surface area contributed by atoms with Gasteiger partial charge in [-0.15, -0.1) is 0 Å². The first-order valence-electron chi connectivity index (χ1n) is 3.03. The molecule has 0 spiro atoms. The Morgan fingerprint density at radius 1 is 1.78 bits per heavy atom. The summed E-state index contributed by atoms with van der Waals surface area (Å²) in [4.78, 5) is 16.5. The van der Waals surface area contributed by atoms with Crippen LogP contribution in [0.2, 0.25) is 0 Å². The van der Waals surface area contributed by atoms with Crippen LogP contribution in [0.1, 0.15) is 6.42 Å². The van der Waals surface area contributed by atoms with Gasteiger partial charge in [0.05, 0.1) is 6.54 Å². The van der Waals surface area contributed by atoms with Gasteiger partial charge in [0.1, 0.15) is 0 Å². The van der Waals surface area contributed by atoms with Crippen LogP contribution in [-0.4, -0.2) is 37.2 Å². The quantitative estimate of drug-likeness (QED) is 0.447. The predicted molar refractivity (Wildman–Crippen MR) is 35.6 cm³/mol. The molecule has 0 aromatic carbocycles. The minimum atomic E-state index is 0.188. The van der Waals surface area contributed by atoms with Gasteiger partial charge in [-0.2, -0.15) is 0 Å². The van der Waals surface area contributed by atoms with E-state index in [0.717, 1.165) is 0 Å². The lowest BCUT2D eigenvalue weighted by Gasteiger charge is -2.10. The Balaban J connectivity index is 2.52. The molecule has 0 aliphatic carbocycles. The number of aliphatic imine (C=N–C) groups is 1. The minimum absolute atomic E-state index is 0.188. The molecule has 0 saturated heterocycles. The Hall–Kier alpha value is -0.860. The lowest BCUT2D eigenvalue weighted by Crippen LogP contribution is -2.26. The van der Waals surface area contributed by atoms with Crippen LogP contribution >= 0.6 is 0 Å². The van der Waals surface area contributed by atoms with Crippen molar-refractivity contribution in [2.45, 2.75) is 6.42 Å². The average Bonchev–Trinajstić information content (AvgIpc) is 1.99. The molecule has 0 saturated carbocycles. The molecular weight excluding hydrogens is 116 g/mol. The summed E-state index contributed by atoms with van der Waals surface area (Å²) in [6.07, 6.45) is 2.35. The highest BCUT2D eigenvalue weighted by Gasteiger charge is 2.07. The van der Waals surface area contributed by atoms with Crippen LogP contribution in [0.4, 0.5) is 0 Å². The van der Waals surface area contributed by atoms with Crippen molar-refractivity contribution in [3.05, 3.63) is 0 Å². The van der Waals surface area contributed by atoms with Crippen LogP contribution in [0.15, 0.2) is 4.99 Å². The Kier molecular flexibility index (Phi) is 1.82. The Morgan fingerprint density at radius 2 is 2.56 bits per heavy atom. The molecule has 1 aliphatic heterocycles. The summed E-state index contributed by atoms with van der Waals surface area (Å²) in [5, 5.41) is 0. The molecule has 0 aromatic rings. The van der Waals surface area contributed by atoms with Crippen molar-refractivity contribution < 1.29 is 4.79 Å². The van der Waals surface area contributed by atoms with Gasteiger partial charge in [0.15, 0.2) is 0 Å². The van der Waals surface area contributed by atoms with Crippen molar-refractivity contribution >= 4 is 12.1 Å². The summed E-state index contributed by atoms with van der Waals surface area (Å²) < 4.78 is 0. The maximum Gasteiger partial charge on any atom is 0.224 e. The van der Waals surface area contributed by atoms with E-state index < -0.39 is 0 Å². The molecule has 0 N–H and O–H groups in total. The van der Waals surface area contributed by atoms with Gasteiger partial charge in [-0.05, 0) is 0 Å². The first kappa shape index (κ1) is 6.26. The van der Waals surface area contributed by atoms with Crippen molar-refractivity contribution in [1.82, 2.24) is 4.90 Å². The summed E-state index contributed by atoms with van der Waals surface area (Å²) in [6, 6.07) is 0. The SMILES string of the molecule is CN1CC=NCCC1=O. The molecule has 3 heteroatoms. The third-order valence-corrected chi connectivity index (χ3v) is 1.37. The van der Waals surface area contributed by atoms with Gasteiger partial charge in [0.25, 0.3) is 0 Å². The van der Waals surface area contributed by atoms with Crippen molar-refractivity contribution in [3.63, 3.8) is 0 Å². The molecule has 9 heavy (non-hydrogen) atoms. The molecule has 0 bridgehead atoms. The first-order valence-corrected chi connectivity index (χ1v) is 3.03. The minimum Gasteiger partial charge on any atom is -0.340 e. The summed E-state index contributed by atoms with van der Waals surface area (Å²) >= 11 is 0. The molecule has 0 radical (unpaired) electrons. The molecule has 50 valence electrons. The van der Waals surface area contributed by atoms with Crippen molar-refractivity contribution in [2.75, 3.05) is 20.1 Å². The zero-order chi connectivity index (χ0) is 6.69. The van der Waals surface area contributed by atoms with E-state index in [1.807, 2.05) is 0 Å². The summed E-state index contributed by atoms with van der Waals surface area (Å²) in [5.41, 5.74) is 0. The van der Waals surface area contributed by atoms with Gasteiger partial charge in [-0.25, -0.2) is 0 Å². The van der Waals surface area contributed by atoms with E-state index in [1.165, 1.54) is 0 Å². The third kappa shape index (κ3) is 1.52. The van der Waals surface area contributed by atoms with Crippen molar-refractivity contribution in [1.29, 1.82) is 0 Å². The molecular formula is C6H10N2O. The van der Waals surface area contributed by atoms with E-state index >= 15 is 0 Å². The molecule has 0 aromatic heterocycles. The van der Waals surface area contributed by atoms with Crippen LogP contribution in [0.3, 0.4) is 0 Å². The van der Waals surface area contributed by atoms with E-state index in [2.05, 4.69) is 4.99 Å². The van der Waals surface area contributed by atoms with Gasteiger partial charge in [0.2, 0.25) is 5.91 Å². The monoisotopic (exact) mass is 126 g/mol. The summed E-state index contributed by atoms with van der Waals surface area (Å²) in [7, 11) is 1.79. The Labute approximate surface area is 54.4 Å². The zero-order valence-electron chi connectivity index (χ0n) is 5.50. The van der Waals surface area contributed by atoms with Crippen molar-refractivity contribution in [2.24, 2.45) is 4.99 Å². The van der Waals surface area contributed by atoms with Gasteiger partial charge in [-0.3, -0.25) is 9.79 Å². The molecule has 0 atom stereocenters. The van der Waals surface area contributed by atoms with Gasteiger partial charge in [0, 0.05) is 26.2 Å². The highest BCUT2D eigenvalue weighted by Crippen LogP contribution is 1.93. The van der Waals surface area contributed by atoms with E-state index in [0.29, 0.717) is 19.5 Å². The van der Waals surface area contributed by atoms with Crippen LogP contribution in [0.25, 0.3) is 0 Å². The average molecular weight is 126 g/mol. The lowest BCUT2D eigenvalue weighted by atomic mass is 10.4. The van der Waals surface area contributed by atoms with Crippen molar-refractivity contribution in [3.8, 4) is 0 Å². The second-order valence-electron chi connectivity index (χ2n) is 2.11. The number of carbonyl (C=O) groups is 1. The van der Waals surface area contributed by atoms with Crippen LogP contribution in [0.5, 0.6) is 0 Å². The zero-order valence-corrected chi connectivity index (χ0v) is 5.50. The molecule has 1 aliphatic rings. The highest BCUT2D eigenvalue weighted by atomic mass is 16.2. The van der Waals surface area contributed by atoms with Crippen LogP contribution in [-0.2, 0) is 4.79 Å². The fraction of sp³-hybridized carbons (Fsp3) is 0.667. The van der Waals surface area contributed by atoms with Gasteiger partial charge in [-0.1, -0.05) is 0 Å². The molecule has 0 fully saturated rings. The molecule has 1 rings (SSSR count). The first-order chi connectivity index (χ1) is 4.30. The maximum absolute atomic E-state index is 10.9. The van der Waals surface area contributed by atoms with Crippen LogP contribution in [0, 0.1) is 0 Å². The molecule has 3 nitrogen and oxygen atoms in total. The van der Waals surface area contributed by atoms with E-state index in [1.54, 1.807) is 18.2 Å². The summed E-state index contributed by atoms with van der Waals surface area (Å²) in [6.45, 7) is 1.32. The van der Waals surface area contributed by atoms with E-state index in [-0.39, 0.29) is 5.91 Å². The number of carbonyl (C=O) groups excluding carboxylic acids is 1. The standard InChI is InChI=1S/C6H10N2O/c1-8-5-4-7-3-2-6(8)9/h4H,2-3,5H2,1H3. The Morgan fingerprint density at radius 3 is 3.33 bits per heavy atom. The van der Waals surface area contributed by atoms with Gasteiger partial charge < -0.3 is 4.90 Å².